The molecule has 0 saturated carbocycles. The summed E-state index contributed by atoms with van der Waals surface area (Å²) in [5.74, 6) is 0. The zero-order valence-electron chi connectivity index (χ0n) is 21.7. The molecule has 0 unspecified atom stereocenters. The summed E-state index contributed by atoms with van der Waals surface area (Å²) in [7, 11) is 0. The van der Waals surface area contributed by atoms with Gasteiger partial charge in [0.05, 0.1) is 0 Å². The molecule has 3 aromatic rings. The van der Waals surface area contributed by atoms with Crippen LogP contribution in [0.3, 0.4) is 0 Å². The van der Waals surface area contributed by atoms with Gasteiger partial charge in [0.2, 0.25) is 0 Å². The lowest BCUT2D eigenvalue weighted by Crippen LogP contribution is -2.13. The average Bonchev–Trinajstić information content (AvgIpc) is 2.88. The first-order valence-corrected chi connectivity index (χ1v) is 13.7. The molecule has 3 heteroatoms. The Morgan fingerprint density at radius 1 is 0.857 bits per heavy atom. The molecule has 0 aliphatic rings. The number of aryl methyl sites for hydroxylation is 3. The fourth-order valence-corrected chi connectivity index (χ4v) is 4.97. The lowest BCUT2D eigenvalue weighted by Gasteiger charge is -2.14. The van der Waals surface area contributed by atoms with Gasteiger partial charge in [-0.15, -0.1) is 0 Å². The van der Waals surface area contributed by atoms with E-state index >= 15 is 0 Å². The van der Waals surface area contributed by atoms with Crippen molar-refractivity contribution in [2.24, 2.45) is 0 Å². The second kappa shape index (κ2) is 13.5. The molecule has 0 spiro atoms. The molecule has 1 aromatic heterocycles. The van der Waals surface area contributed by atoms with Crippen LogP contribution in [0.4, 0.5) is 0 Å². The van der Waals surface area contributed by atoms with E-state index in [4.69, 9.17) is 11.6 Å². The molecule has 35 heavy (non-hydrogen) atoms. The maximum atomic E-state index is 13.7. The van der Waals surface area contributed by atoms with Crippen molar-refractivity contribution in [1.82, 2.24) is 4.57 Å². The molecule has 3 rings (SSSR count). The Balaban J connectivity index is 1.93. The fourth-order valence-electron chi connectivity index (χ4n) is 4.67. The van der Waals surface area contributed by atoms with Gasteiger partial charge in [-0.2, -0.15) is 0 Å². The van der Waals surface area contributed by atoms with Gasteiger partial charge >= 0.3 is 0 Å². The third-order valence-corrected chi connectivity index (χ3v) is 7.21. The van der Waals surface area contributed by atoms with Crippen LogP contribution in [0.5, 0.6) is 0 Å². The molecule has 2 aromatic carbocycles. The van der Waals surface area contributed by atoms with Crippen molar-refractivity contribution in [2.75, 3.05) is 0 Å². The Bertz CT molecular complexity index is 1190. The number of rotatable bonds is 13. The minimum atomic E-state index is 0.0223. The van der Waals surface area contributed by atoms with Crippen molar-refractivity contribution in [3.05, 3.63) is 87.3 Å². The molecule has 186 valence electrons. The highest BCUT2D eigenvalue weighted by molar-refractivity contribution is 6.33. The summed E-state index contributed by atoms with van der Waals surface area (Å²) in [5, 5.41) is 0.628. The molecule has 0 saturated heterocycles. The Labute approximate surface area is 216 Å². The third-order valence-electron chi connectivity index (χ3n) is 6.90. The summed E-state index contributed by atoms with van der Waals surface area (Å²) in [5.41, 5.74) is 6.74. The summed E-state index contributed by atoms with van der Waals surface area (Å²) in [6, 6.07) is 12.4. The molecule has 0 aliphatic carbocycles. The van der Waals surface area contributed by atoms with E-state index in [1.807, 2.05) is 36.7 Å². The Morgan fingerprint density at radius 2 is 1.57 bits per heavy atom. The minimum Gasteiger partial charge on any atom is -0.353 e. The largest absolute Gasteiger partial charge is 0.353 e. The van der Waals surface area contributed by atoms with E-state index < -0.39 is 0 Å². The highest BCUT2D eigenvalue weighted by Crippen LogP contribution is 2.30. The molecule has 2 nitrogen and oxygen atoms in total. The molecule has 0 atom stereocenters. The van der Waals surface area contributed by atoms with Crippen LogP contribution < -0.4 is 5.43 Å². The number of aromatic nitrogens is 1. The van der Waals surface area contributed by atoms with Gasteiger partial charge in [0.15, 0.2) is 5.43 Å². The van der Waals surface area contributed by atoms with Gasteiger partial charge in [0.1, 0.15) is 0 Å². The van der Waals surface area contributed by atoms with E-state index in [-0.39, 0.29) is 5.43 Å². The van der Waals surface area contributed by atoms with E-state index in [1.165, 1.54) is 49.7 Å². The molecular weight excluding hydrogens is 450 g/mol. The van der Waals surface area contributed by atoms with Gasteiger partial charge in [0, 0.05) is 40.7 Å². The second-order valence-electron chi connectivity index (χ2n) is 9.40. The summed E-state index contributed by atoms with van der Waals surface area (Å²) < 4.78 is 2.08. The quantitative estimate of drug-likeness (QED) is 0.219. The predicted octanol–water partition coefficient (Wildman–Crippen LogP) is 9.35. The predicted molar refractivity (Wildman–Crippen MR) is 153 cm³/mol. The molecule has 0 N–H and O–H groups in total. The smallest absolute Gasteiger partial charge is 0.197 e. The topological polar surface area (TPSA) is 22.0 Å². The van der Waals surface area contributed by atoms with Crippen LogP contribution in [-0.2, 0) is 19.4 Å². The standard InChI is InChI=1S/C32H40ClNO/c1-5-9-10-11-12-13-14-15-26-21-27(18-17-25(26)7-3)29-22-34(8-4)23-30(32(29)35)28-19-16-24(6-2)20-31(28)33/h7,16-23H,3,5-6,8-15H2,1-2,4H3. The lowest BCUT2D eigenvalue weighted by molar-refractivity contribution is 0.589. The zero-order valence-corrected chi connectivity index (χ0v) is 22.5. The summed E-state index contributed by atoms with van der Waals surface area (Å²) in [4.78, 5) is 13.7. The van der Waals surface area contributed by atoms with Crippen molar-refractivity contribution in [3.63, 3.8) is 0 Å². The number of nitrogens with zero attached hydrogens (tertiary/aromatic N) is 1. The van der Waals surface area contributed by atoms with Gasteiger partial charge in [-0.25, -0.2) is 0 Å². The van der Waals surface area contributed by atoms with E-state index in [1.54, 1.807) is 0 Å². The number of hydrogen-bond acceptors (Lipinski definition) is 1. The van der Waals surface area contributed by atoms with Crippen molar-refractivity contribution < 1.29 is 0 Å². The Morgan fingerprint density at radius 3 is 2.23 bits per heavy atom. The second-order valence-corrected chi connectivity index (χ2v) is 9.81. The monoisotopic (exact) mass is 489 g/mol. The van der Waals surface area contributed by atoms with Crippen molar-refractivity contribution in [1.29, 1.82) is 0 Å². The Hall–Kier alpha value is -2.58. The van der Waals surface area contributed by atoms with Crippen LogP contribution in [-0.4, -0.2) is 4.57 Å². The van der Waals surface area contributed by atoms with Gasteiger partial charge in [0.25, 0.3) is 0 Å². The first-order valence-electron chi connectivity index (χ1n) is 13.3. The first-order chi connectivity index (χ1) is 17.0. The zero-order chi connectivity index (χ0) is 25.2. The Kier molecular flexibility index (Phi) is 10.4. The van der Waals surface area contributed by atoms with Crippen molar-refractivity contribution in [2.45, 2.75) is 85.1 Å². The third kappa shape index (κ3) is 6.98. The lowest BCUT2D eigenvalue weighted by atomic mass is 9.94. The molecule has 0 fully saturated rings. The molecule has 0 radical (unpaired) electrons. The number of pyridine rings is 1. The maximum absolute atomic E-state index is 13.7. The van der Waals surface area contributed by atoms with E-state index in [0.29, 0.717) is 10.6 Å². The highest BCUT2D eigenvalue weighted by atomic mass is 35.5. The van der Waals surface area contributed by atoms with E-state index in [0.717, 1.165) is 48.1 Å². The van der Waals surface area contributed by atoms with Gasteiger partial charge in [-0.05, 0) is 54.5 Å². The van der Waals surface area contributed by atoms with Crippen LogP contribution in [0.25, 0.3) is 28.3 Å². The summed E-state index contributed by atoms with van der Waals surface area (Å²) >= 11 is 6.62. The van der Waals surface area contributed by atoms with Crippen LogP contribution in [0.15, 0.2) is 60.2 Å². The van der Waals surface area contributed by atoms with Crippen LogP contribution >= 0.6 is 11.6 Å². The average molecular weight is 490 g/mol. The van der Waals surface area contributed by atoms with Crippen molar-refractivity contribution in [3.8, 4) is 22.3 Å². The van der Waals surface area contributed by atoms with Gasteiger partial charge in [-0.3, -0.25) is 4.79 Å². The fraction of sp³-hybridized carbons (Fsp3) is 0.406. The molecule has 1 heterocycles. The first kappa shape index (κ1) is 27.0. The minimum absolute atomic E-state index is 0.0223. The van der Waals surface area contributed by atoms with E-state index in [2.05, 4.69) is 50.1 Å². The van der Waals surface area contributed by atoms with Gasteiger partial charge < -0.3 is 4.57 Å². The van der Waals surface area contributed by atoms with E-state index in [9.17, 15) is 4.79 Å². The normalized spacial score (nSPS) is 11.1. The molecule has 0 aliphatic heterocycles. The van der Waals surface area contributed by atoms with Crippen LogP contribution in [0, 0.1) is 0 Å². The summed E-state index contributed by atoms with van der Waals surface area (Å²) in [6.45, 7) is 11.2. The van der Waals surface area contributed by atoms with Crippen LogP contribution in [0.1, 0.15) is 82.4 Å². The number of benzene rings is 2. The molecular formula is C32H40ClNO. The number of hydrogen-bond donors (Lipinski definition) is 0. The maximum Gasteiger partial charge on any atom is 0.197 e. The SMILES string of the molecule is C=Cc1ccc(-c2cn(CC)cc(-c3ccc(CC)cc3Cl)c2=O)cc1CCCCCCCCC. The number of unbranched alkanes of at least 4 members (excludes halogenated alkanes) is 6. The summed E-state index contributed by atoms with van der Waals surface area (Å²) in [6.07, 6.45) is 16.7. The van der Waals surface area contributed by atoms with Gasteiger partial charge in [-0.1, -0.05) is 107 Å². The molecule has 0 bridgehead atoms. The number of halogens is 1. The highest BCUT2D eigenvalue weighted by Gasteiger charge is 2.15. The molecule has 0 amide bonds. The van der Waals surface area contributed by atoms with Crippen LogP contribution in [0.2, 0.25) is 5.02 Å². The van der Waals surface area contributed by atoms with Crippen molar-refractivity contribution >= 4 is 17.7 Å².